The number of nitrogens with zero attached hydrogens (tertiary/aromatic N) is 1. The van der Waals surface area contributed by atoms with Gasteiger partial charge in [0.2, 0.25) is 0 Å². The van der Waals surface area contributed by atoms with Crippen LogP contribution in [0.2, 0.25) is 0 Å². The topological polar surface area (TPSA) is 31.1 Å². The van der Waals surface area contributed by atoms with E-state index in [0.29, 0.717) is 0 Å². The Kier molecular flexibility index (Phi) is 6.43. The highest BCUT2D eigenvalue weighted by Crippen LogP contribution is 2.22. The fourth-order valence-electron chi connectivity index (χ4n) is 2.26. The minimum atomic E-state index is 1.06. The zero-order valence-electron chi connectivity index (χ0n) is 12.5. The molecule has 1 aromatic carbocycles. The number of fused-ring (bicyclic) bond motifs is 1. The van der Waals surface area contributed by atoms with Gasteiger partial charge in [0.15, 0.2) is 0 Å². The fraction of sp³-hybridized carbons (Fsp3) is 0.500. The van der Waals surface area contributed by atoms with Crippen LogP contribution in [-0.2, 0) is 0 Å². The molecule has 20 heavy (non-hydrogen) atoms. The number of rotatable bonds is 9. The molecular formula is C16H25N3S. The van der Waals surface area contributed by atoms with Crippen LogP contribution in [-0.4, -0.2) is 48.4 Å². The van der Waals surface area contributed by atoms with Gasteiger partial charge in [-0.2, -0.15) is 0 Å². The average molecular weight is 291 g/mol. The van der Waals surface area contributed by atoms with Gasteiger partial charge in [-0.1, -0.05) is 32.0 Å². The second kappa shape index (κ2) is 8.35. The summed E-state index contributed by atoms with van der Waals surface area (Å²) in [5.74, 6) is 1.10. The van der Waals surface area contributed by atoms with E-state index >= 15 is 0 Å². The number of thioether (sulfide) groups is 1. The van der Waals surface area contributed by atoms with Gasteiger partial charge in [-0.05, 0) is 25.2 Å². The van der Waals surface area contributed by atoms with Crippen LogP contribution in [0.5, 0.6) is 0 Å². The van der Waals surface area contributed by atoms with Gasteiger partial charge in [-0.25, -0.2) is 0 Å². The molecule has 0 bridgehead atoms. The molecule has 0 fully saturated rings. The number of hydrogen-bond donors (Lipinski definition) is 2. The standard InChI is InChI=1S/C16H25N3S/c1-3-19(4-2)11-9-17-10-12-20-16-13-14-7-5-6-8-15(14)18-16/h5-8,13,17-18H,3-4,9-12H2,1-2H3. The van der Waals surface area contributed by atoms with Crippen molar-refractivity contribution in [1.29, 1.82) is 0 Å². The Hall–Kier alpha value is -0.970. The second-order valence-corrected chi connectivity index (χ2v) is 5.98. The minimum absolute atomic E-state index is 1.06. The van der Waals surface area contributed by atoms with Crippen LogP contribution in [0.4, 0.5) is 0 Å². The van der Waals surface area contributed by atoms with Crippen molar-refractivity contribution >= 4 is 22.7 Å². The third-order valence-electron chi connectivity index (χ3n) is 3.54. The van der Waals surface area contributed by atoms with Crippen molar-refractivity contribution in [3.8, 4) is 0 Å². The number of hydrogen-bond acceptors (Lipinski definition) is 3. The maximum atomic E-state index is 3.51. The lowest BCUT2D eigenvalue weighted by molar-refractivity contribution is 0.303. The molecule has 110 valence electrons. The van der Waals surface area contributed by atoms with Gasteiger partial charge in [0.1, 0.15) is 0 Å². The highest BCUT2D eigenvalue weighted by molar-refractivity contribution is 7.99. The van der Waals surface area contributed by atoms with Crippen molar-refractivity contribution in [2.24, 2.45) is 0 Å². The molecule has 2 N–H and O–H groups in total. The Bertz CT molecular complexity index is 472. The van der Waals surface area contributed by atoms with E-state index in [1.807, 2.05) is 11.8 Å². The Labute approximate surface area is 126 Å². The molecule has 3 nitrogen and oxygen atoms in total. The first-order chi connectivity index (χ1) is 9.83. The normalized spacial score (nSPS) is 11.6. The minimum Gasteiger partial charge on any atom is -0.350 e. The van der Waals surface area contributed by atoms with Gasteiger partial charge in [0.25, 0.3) is 0 Å². The number of aromatic nitrogens is 1. The summed E-state index contributed by atoms with van der Waals surface area (Å²) in [7, 11) is 0. The van der Waals surface area contributed by atoms with Gasteiger partial charge in [-0.15, -0.1) is 11.8 Å². The Morgan fingerprint density at radius 3 is 2.70 bits per heavy atom. The van der Waals surface area contributed by atoms with Crippen molar-refractivity contribution < 1.29 is 0 Å². The fourth-order valence-corrected chi connectivity index (χ4v) is 3.12. The van der Waals surface area contributed by atoms with E-state index in [1.165, 1.54) is 15.9 Å². The summed E-state index contributed by atoms with van der Waals surface area (Å²) in [6.45, 7) is 9.99. The molecule has 0 unspecified atom stereocenters. The van der Waals surface area contributed by atoms with Crippen LogP contribution < -0.4 is 5.32 Å². The Morgan fingerprint density at radius 1 is 1.15 bits per heavy atom. The summed E-state index contributed by atoms with van der Waals surface area (Å²) >= 11 is 1.88. The van der Waals surface area contributed by atoms with E-state index < -0.39 is 0 Å². The quantitative estimate of drug-likeness (QED) is 0.549. The summed E-state index contributed by atoms with van der Waals surface area (Å²) < 4.78 is 0. The molecule has 2 rings (SSSR count). The molecule has 0 spiro atoms. The molecule has 0 saturated carbocycles. The predicted molar refractivity (Wildman–Crippen MR) is 89.7 cm³/mol. The summed E-state index contributed by atoms with van der Waals surface area (Å²) in [6, 6.07) is 10.7. The smallest absolute Gasteiger partial charge is 0.0732 e. The van der Waals surface area contributed by atoms with Crippen molar-refractivity contribution in [3.05, 3.63) is 30.3 Å². The first-order valence-corrected chi connectivity index (χ1v) is 8.45. The monoisotopic (exact) mass is 291 g/mol. The number of nitrogens with one attached hydrogen (secondary N) is 2. The van der Waals surface area contributed by atoms with Crippen molar-refractivity contribution in [1.82, 2.24) is 15.2 Å². The zero-order chi connectivity index (χ0) is 14.2. The van der Waals surface area contributed by atoms with Crippen LogP contribution in [0.15, 0.2) is 35.4 Å². The molecule has 0 radical (unpaired) electrons. The lowest BCUT2D eigenvalue weighted by atomic mass is 10.3. The highest BCUT2D eigenvalue weighted by atomic mass is 32.2. The number of H-pyrrole nitrogens is 1. The summed E-state index contributed by atoms with van der Waals surface area (Å²) in [4.78, 5) is 5.89. The summed E-state index contributed by atoms with van der Waals surface area (Å²) in [5.41, 5.74) is 1.23. The first-order valence-electron chi connectivity index (χ1n) is 7.47. The SMILES string of the molecule is CCN(CC)CCNCCSc1cc2ccccc2[nH]1. The first kappa shape index (κ1) is 15.4. The largest absolute Gasteiger partial charge is 0.350 e. The summed E-state index contributed by atoms with van der Waals surface area (Å²) in [5, 5.41) is 6.07. The van der Waals surface area contributed by atoms with Gasteiger partial charge >= 0.3 is 0 Å². The predicted octanol–water partition coefficient (Wildman–Crippen LogP) is 3.19. The van der Waals surface area contributed by atoms with E-state index in [-0.39, 0.29) is 0 Å². The van der Waals surface area contributed by atoms with Gasteiger partial charge in [0, 0.05) is 36.3 Å². The summed E-state index contributed by atoms with van der Waals surface area (Å²) in [6.07, 6.45) is 0. The van der Waals surface area contributed by atoms with Crippen LogP contribution in [0.1, 0.15) is 13.8 Å². The van der Waals surface area contributed by atoms with Gasteiger partial charge in [-0.3, -0.25) is 0 Å². The van der Waals surface area contributed by atoms with Crippen molar-refractivity contribution in [2.75, 3.05) is 38.5 Å². The number of benzene rings is 1. The number of para-hydroxylation sites is 1. The zero-order valence-corrected chi connectivity index (χ0v) is 13.3. The molecule has 0 saturated heterocycles. The molecule has 0 amide bonds. The van der Waals surface area contributed by atoms with Crippen LogP contribution in [0, 0.1) is 0 Å². The number of likely N-dealkylation sites (N-methyl/N-ethyl adjacent to an activating group) is 1. The van der Waals surface area contributed by atoms with Crippen molar-refractivity contribution in [3.63, 3.8) is 0 Å². The van der Waals surface area contributed by atoms with Crippen LogP contribution in [0.25, 0.3) is 10.9 Å². The van der Waals surface area contributed by atoms with Gasteiger partial charge < -0.3 is 15.2 Å². The van der Waals surface area contributed by atoms with Gasteiger partial charge in [0.05, 0.1) is 5.03 Å². The van der Waals surface area contributed by atoms with E-state index in [0.717, 1.165) is 38.5 Å². The molecule has 0 atom stereocenters. The molecular weight excluding hydrogens is 266 g/mol. The Morgan fingerprint density at radius 2 is 1.95 bits per heavy atom. The van der Waals surface area contributed by atoms with Crippen LogP contribution in [0.3, 0.4) is 0 Å². The molecule has 0 aliphatic rings. The maximum absolute atomic E-state index is 3.51. The average Bonchev–Trinajstić information content (AvgIpc) is 2.89. The molecule has 0 aliphatic heterocycles. The molecule has 1 heterocycles. The molecule has 4 heteroatoms. The highest BCUT2D eigenvalue weighted by Gasteiger charge is 2.01. The molecule has 1 aromatic heterocycles. The van der Waals surface area contributed by atoms with E-state index in [9.17, 15) is 0 Å². The Balaban J connectivity index is 1.63. The van der Waals surface area contributed by atoms with Crippen molar-refractivity contribution in [2.45, 2.75) is 18.9 Å². The second-order valence-electron chi connectivity index (χ2n) is 4.85. The third-order valence-corrected chi connectivity index (χ3v) is 4.48. The molecule has 2 aromatic rings. The van der Waals surface area contributed by atoms with E-state index in [4.69, 9.17) is 0 Å². The third kappa shape index (κ3) is 4.54. The van der Waals surface area contributed by atoms with E-state index in [1.54, 1.807) is 0 Å². The number of aromatic amines is 1. The maximum Gasteiger partial charge on any atom is 0.0732 e. The van der Waals surface area contributed by atoms with E-state index in [2.05, 4.69) is 59.4 Å². The lowest BCUT2D eigenvalue weighted by Gasteiger charge is -2.17. The lowest BCUT2D eigenvalue weighted by Crippen LogP contribution is -2.32. The van der Waals surface area contributed by atoms with Crippen LogP contribution >= 0.6 is 11.8 Å². The molecule has 0 aliphatic carbocycles.